The van der Waals surface area contributed by atoms with Gasteiger partial charge in [-0.3, -0.25) is 9.20 Å². The molecule has 8 nitrogen and oxygen atoms in total. The Balaban J connectivity index is 1.40. The van der Waals surface area contributed by atoms with Crippen LogP contribution in [0.4, 0.5) is 5.82 Å². The van der Waals surface area contributed by atoms with E-state index in [0.29, 0.717) is 29.6 Å². The van der Waals surface area contributed by atoms with Gasteiger partial charge in [0, 0.05) is 43.0 Å². The molecule has 28 heavy (non-hydrogen) atoms. The van der Waals surface area contributed by atoms with Crippen molar-refractivity contribution in [3.63, 3.8) is 0 Å². The molecule has 9 heteroatoms. The van der Waals surface area contributed by atoms with E-state index in [0.717, 1.165) is 30.2 Å². The van der Waals surface area contributed by atoms with E-state index in [1.165, 1.54) is 0 Å². The Morgan fingerprint density at radius 2 is 2.00 bits per heavy atom. The molecule has 3 aromatic rings. The first kappa shape index (κ1) is 18.5. The maximum atomic E-state index is 12.7. The molecule has 0 radical (unpaired) electrons. The van der Waals surface area contributed by atoms with E-state index < -0.39 is 0 Å². The first-order valence-electron chi connectivity index (χ1n) is 9.07. The number of carbonyl (C=O) groups excluding carboxylic acids is 1. The zero-order valence-electron chi connectivity index (χ0n) is 15.8. The molecular weight excluding hydrogens is 380 g/mol. The fourth-order valence-electron chi connectivity index (χ4n) is 3.37. The Morgan fingerprint density at radius 3 is 2.71 bits per heavy atom. The van der Waals surface area contributed by atoms with Crippen LogP contribution in [0, 0.1) is 6.92 Å². The number of aromatic nitrogens is 4. The zero-order valence-corrected chi connectivity index (χ0v) is 16.6. The van der Waals surface area contributed by atoms with E-state index in [2.05, 4.69) is 20.1 Å². The van der Waals surface area contributed by atoms with Crippen LogP contribution in [0.2, 0.25) is 5.02 Å². The molecule has 1 aromatic carbocycles. The molecule has 0 N–H and O–H groups in total. The number of anilines is 1. The van der Waals surface area contributed by atoms with Crippen molar-refractivity contribution in [2.24, 2.45) is 0 Å². The van der Waals surface area contributed by atoms with E-state index in [-0.39, 0.29) is 12.3 Å². The third-order valence-corrected chi connectivity index (χ3v) is 5.37. The summed E-state index contributed by atoms with van der Waals surface area (Å²) >= 11 is 6.27. The molecule has 0 saturated carbocycles. The van der Waals surface area contributed by atoms with Crippen LogP contribution in [0.3, 0.4) is 0 Å². The van der Waals surface area contributed by atoms with Crippen molar-refractivity contribution in [2.45, 2.75) is 13.3 Å². The van der Waals surface area contributed by atoms with Gasteiger partial charge in [-0.2, -0.15) is 4.98 Å². The Kier molecular flexibility index (Phi) is 5.04. The fraction of sp³-hybridized carbons (Fsp3) is 0.368. The van der Waals surface area contributed by atoms with Crippen LogP contribution in [0.25, 0.3) is 5.78 Å². The summed E-state index contributed by atoms with van der Waals surface area (Å²) in [5.74, 6) is 2.21. The van der Waals surface area contributed by atoms with Gasteiger partial charge in [-0.05, 0) is 24.6 Å². The maximum Gasteiger partial charge on any atom is 0.256 e. The molecule has 1 saturated heterocycles. The summed E-state index contributed by atoms with van der Waals surface area (Å²) in [7, 11) is 1.59. The number of fused-ring (bicyclic) bond motifs is 1. The van der Waals surface area contributed by atoms with Crippen molar-refractivity contribution in [1.82, 2.24) is 24.5 Å². The lowest BCUT2D eigenvalue weighted by molar-refractivity contribution is -0.130. The van der Waals surface area contributed by atoms with E-state index in [1.807, 2.05) is 34.4 Å². The van der Waals surface area contributed by atoms with Crippen LogP contribution < -0.4 is 9.64 Å². The van der Waals surface area contributed by atoms with Crippen LogP contribution in [-0.2, 0) is 11.2 Å². The normalized spacial score (nSPS) is 14.5. The highest BCUT2D eigenvalue weighted by atomic mass is 35.5. The van der Waals surface area contributed by atoms with Crippen LogP contribution in [0.1, 0.15) is 11.3 Å². The van der Waals surface area contributed by atoms with Gasteiger partial charge < -0.3 is 14.5 Å². The number of nitrogens with zero attached hydrogens (tertiary/aromatic N) is 6. The molecule has 1 fully saturated rings. The summed E-state index contributed by atoms with van der Waals surface area (Å²) in [4.78, 5) is 21.3. The van der Waals surface area contributed by atoms with Crippen molar-refractivity contribution < 1.29 is 9.53 Å². The van der Waals surface area contributed by atoms with Gasteiger partial charge in [0.1, 0.15) is 17.9 Å². The standard InChI is InChI=1S/C19H21ClN6O2/c1-13-9-17(22-19-23-21-12-26(13)19)24-5-7-25(8-6-24)18(27)10-14-3-4-15(28-2)11-16(14)20/h3-4,9,11-12H,5-8,10H2,1-2H3. The molecule has 4 rings (SSSR count). The molecule has 0 aliphatic carbocycles. The lowest BCUT2D eigenvalue weighted by Crippen LogP contribution is -2.49. The average molecular weight is 401 g/mol. The molecule has 2 aromatic heterocycles. The molecule has 1 aliphatic rings. The smallest absolute Gasteiger partial charge is 0.256 e. The summed E-state index contributed by atoms with van der Waals surface area (Å²) in [5, 5.41) is 8.49. The van der Waals surface area contributed by atoms with Gasteiger partial charge in [-0.15, -0.1) is 10.2 Å². The van der Waals surface area contributed by atoms with Crippen molar-refractivity contribution >= 4 is 29.1 Å². The summed E-state index contributed by atoms with van der Waals surface area (Å²) in [6.07, 6.45) is 1.94. The van der Waals surface area contributed by atoms with Crippen molar-refractivity contribution in [1.29, 1.82) is 0 Å². The third-order valence-electron chi connectivity index (χ3n) is 5.02. The number of methoxy groups -OCH3 is 1. The molecule has 0 unspecified atom stereocenters. The Hall–Kier alpha value is -2.87. The first-order valence-corrected chi connectivity index (χ1v) is 9.45. The average Bonchev–Trinajstić information content (AvgIpc) is 3.19. The minimum Gasteiger partial charge on any atom is -0.497 e. The summed E-state index contributed by atoms with van der Waals surface area (Å²) in [6.45, 7) is 4.73. The second-order valence-corrected chi connectivity index (χ2v) is 7.17. The second-order valence-electron chi connectivity index (χ2n) is 6.76. The number of rotatable bonds is 4. The third kappa shape index (κ3) is 3.60. The predicted molar refractivity (Wildman–Crippen MR) is 106 cm³/mol. The summed E-state index contributed by atoms with van der Waals surface area (Å²) in [6, 6.07) is 7.42. The largest absolute Gasteiger partial charge is 0.497 e. The highest BCUT2D eigenvalue weighted by Gasteiger charge is 2.23. The number of amides is 1. The van der Waals surface area contributed by atoms with E-state index in [4.69, 9.17) is 16.3 Å². The van der Waals surface area contributed by atoms with E-state index >= 15 is 0 Å². The molecule has 1 amide bonds. The number of aryl methyl sites for hydroxylation is 1. The van der Waals surface area contributed by atoms with Crippen LogP contribution in [0.5, 0.6) is 5.75 Å². The van der Waals surface area contributed by atoms with Crippen LogP contribution in [-0.4, -0.2) is 63.7 Å². The van der Waals surface area contributed by atoms with Crippen molar-refractivity contribution in [3.8, 4) is 5.75 Å². The first-order chi connectivity index (χ1) is 13.5. The summed E-state index contributed by atoms with van der Waals surface area (Å²) in [5.41, 5.74) is 1.84. The highest BCUT2D eigenvalue weighted by Crippen LogP contribution is 2.24. The Labute approximate surface area is 167 Å². The number of ether oxygens (including phenoxy) is 1. The predicted octanol–water partition coefficient (Wildman–Crippen LogP) is 1.99. The number of halogens is 1. The monoisotopic (exact) mass is 400 g/mol. The number of hydrogen-bond acceptors (Lipinski definition) is 6. The molecule has 0 spiro atoms. The highest BCUT2D eigenvalue weighted by molar-refractivity contribution is 6.31. The minimum atomic E-state index is 0.0729. The van der Waals surface area contributed by atoms with Crippen molar-refractivity contribution in [3.05, 3.63) is 46.9 Å². The summed E-state index contributed by atoms with van der Waals surface area (Å²) < 4.78 is 7.00. The minimum absolute atomic E-state index is 0.0729. The van der Waals surface area contributed by atoms with Gasteiger partial charge in [0.25, 0.3) is 5.78 Å². The number of piperazine rings is 1. The second kappa shape index (κ2) is 7.63. The number of benzene rings is 1. The zero-order chi connectivity index (χ0) is 19.7. The molecular formula is C19H21ClN6O2. The SMILES string of the molecule is COc1ccc(CC(=O)N2CCN(c3cc(C)n4cnnc4n3)CC2)c(Cl)c1. The van der Waals surface area contributed by atoms with Gasteiger partial charge in [0.2, 0.25) is 5.91 Å². The molecule has 0 bridgehead atoms. The lowest BCUT2D eigenvalue weighted by atomic mass is 10.1. The van der Waals surface area contributed by atoms with Gasteiger partial charge in [0.15, 0.2) is 0 Å². The molecule has 146 valence electrons. The Morgan fingerprint density at radius 1 is 1.21 bits per heavy atom. The lowest BCUT2D eigenvalue weighted by Gasteiger charge is -2.35. The van der Waals surface area contributed by atoms with Gasteiger partial charge in [-0.1, -0.05) is 17.7 Å². The van der Waals surface area contributed by atoms with E-state index in [9.17, 15) is 4.79 Å². The molecule has 1 aliphatic heterocycles. The number of carbonyl (C=O) groups is 1. The maximum absolute atomic E-state index is 12.7. The van der Waals surface area contributed by atoms with Crippen LogP contribution >= 0.6 is 11.6 Å². The van der Waals surface area contributed by atoms with Crippen LogP contribution in [0.15, 0.2) is 30.6 Å². The number of hydrogen-bond donors (Lipinski definition) is 0. The molecule has 3 heterocycles. The van der Waals surface area contributed by atoms with Gasteiger partial charge in [0.05, 0.1) is 13.5 Å². The fourth-order valence-corrected chi connectivity index (χ4v) is 3.60. The Bertz CT molecular complexity index is 1010. The van der Waals surface area contributed by atoms with Crippen molar-refractivity contribution in [2.75, 3.05) is 38.2 Å². The van der Waals surface area contributed by atoms with E-state index in [1.54, 1.807) is 19.5 Å². The van der Waals surface area contributed by atoms with Gasteiger partial charge >= 0.3 is 0 Å². The quantitative estimate of drug-likeness (QED) is 0.666. The van der Waals surface area contributed by atoms with Gasteiger partial charge in [-0.25, -0.2) is 0 Å². The topological polar surface area (TPSA) is 75.9 Å². The molecule has 0 atom stereocenters.